The van der Waals surface area contributed by atoms with Gasteiger partial charge in [0.15, 0.2) is 17.7 Å². The Morgan fingerprint density at radius 2 is 2.00 bits per heavy atom. The molecular formula is C16H15NO4. The Bertz CT molecular complexity index is 671. The summed E-state index contributed by atoms with van der Waals surface area (Å²) >= 11 is 0. The summed E-state index contributed by atoms with van der Waals surface area (Å²) in [5.74, 6) is -1.07. The highest BCUT2D eigenvalue weighted by molar-refractivity contribution is 6.22. The summed E-state index contributed by atoms with van der Waals surface area (Å²) in [6.45, 7) is 4.42. The summed E-state index contributed by atoms with van der Waals surface area (Å²) in [5.41, 5.74) is 1.43. The summed E-state index contributed by atoms with van der Waals surface area (Å²) in [6, 6.07) is 3.38. The molecule has 0 fully saturated rings. The van der Waals surface area contributed by atoms with Crippen molar-refractivity contribution in [3.63, 3.8) is 0 Å². The molecule has 0 amide bonds. The van der Waals surface area contributed by atoms with Crippen LogP contribution in [-0.2, 0) is 19.1 Å². The average Bonchev–Trinajstić information content (AvgIpc) is 2.44. The van der Waals surface area contributed by atoms with Gasteiger partial charge in [-0.15, -0.1) is 0 Å². The smallest absolute Gasteiger partial charge is 0.303 e. The normalized spacial score (nSPS) is 16.6. The van der Waals surface area contributed by atoms with Gasteiger partial charge >= 0.3 is 5.97 Å². The lowest BCUT2D eigenvalue weighted by atomic mass is 9.86. The fourth-order valence-corrected chi connectivity index (χ4v) is 2.26. The standard InChI is InChI=1S/C16H15NO4/c1-9-7-13(19)14(10(2)15(9)20)16(21-11(3)18)12-5-4-6-17-8-12/h4-8,16H,1-3H3. The summed E-state index contributed by atoms with van der Waals surface area (Å²) in [4.78, 5) is 39.6. The van der Waals surface area contributed by atoms with Crippen LogP contribution < -0.4 is 0 Å². The highest BCUT2D eigenvalue weighted by Crippen LogP contribution is 2.32. The molecule has 1 atom stereocenters. The molecule has 0 spiro atoms. The van der Waals surface area contributed by atoms with E-state index in [0.717, 1.165) is 0 Å². The Morgan fingerprint density at radius 3 is 2.57 bits per heavy atom. The number of hydrogen-bond acceptors (Lipinski definition) is 5. The Morgan fingerprint density at radius 1 is 1.29 bits per heavy atom. The summed E-state index contributed by atoms with van der Waals surface area (Å²) in [5, 5.41) is 0. The number of ketones is 2. The van der Waals surface area contributed by atoms with Gasteiger partial charge in [0.05, 0.1) is 5.57 Å². The van der Waals surface area contributed by atoms with Crippen LogP contribution in [0.2, 0.25) is 0 Å². The van der Waals surface area contributed by atoms with E-state index < -0.39 is 12.1 Å². The van der Waals surface area contributed by atoms with E-state index in [9.17, 15) is 14.4 Å². The highest BCUT2D eigenvalue weighted by atomic mass is 16.5. The summed E-state index contributed by atoms with van der Waals surface area (Å²) < 4.78 is 5.26. The Kier molecular flexibility index (Phi) is 4.12. The van der Waals surface area contributed by atoms with Gasteiger partial charge in [-0.05, 0) is 26.0 Å². The number of esters is 1. The number of ether oxygens (including phenoxy) is 1. The van der Waals surface area contributed by atoms with Crippen LogP contribution >= 0.6 is 0 Å². The first-order chi connectivity index (χ1) is 9.91. The maximum atomic E-state index is 12.3. The van der Waals surface area contributed by atoms with E-state index in [-0.39, 0.29) is 17.1 Å². The average molecular weight is 285 g/mol. The summed E-state index contributed by atoms with van der Waals surface area (Å²) in [6.07, 6.45) is 3.44. The van der Waals surface area contributed by atoms with Gasteiger partial charge in [0.25, 0.3) is 0 Å². The molecule has 108 valence electrons. The third-order valence-corrected chi connectivity index (χ3v) is 3.25. The molecule has 0 aliphatic heterocycles. The van der Waals surface area contributed by atoms with E-state index >= 15 is 0 Å². The van der Waals surface area contributed by atoms with Gasteiger partial charge in [-0.1, -0.05) is 6.07 Å². The Hall–Kier alpha value is -2.56. The van der Waals surface area contributed by atoms with E-state index in [0.29, 0.717) is 16.7 Å². The lowest BCUT2D eigenvalue weighted by Gasteiger charge is -2.23. The molecular weight excluding hydrogens is 270 g/mol. The van der Waals surface area contributed by atoms with Crippen LogP contribution in [0.1, 0.15) is 32.4 Å². The molecule has 0 radical (unpaired) electrons. The van der Waals surface area contributed by atoms with Crippen molar-refractivity contribution in [2.45, 2.75) is 26.9 Å². The second-order valence-corrected chi connectivity index (χ2v) is 4.84. The minimum absolute atomic E-state index is 0.189. The number of carbonyl (C=O) groups excluding carboxylic acids is 3. The number of carbonyl (C=O) groups is 3. The SMILES string of the molecule is CC(=O)OC(C1=C(C)C(=O)C(C)=CC1=O)c1cccnc1. The van der Waals surface area contributed by atoms with E-state index in [2.05, 4.69) is 4.98 Å². The van der Waals surface area contributed by atoms with Crippen molar-refractivity contribution in [2.75, 3.05) is 0 Å². The van der Waals surface area contributed by atoms with Crippen LogP contribution in [0.25, 0.3) is 0 Å². The minimum Gasteiger partial charge on any atom is -0.453 e. The molecule has 1 heterocycles. The molecule has 0 aromatic carbocycles. The van der Waals surface area contributed by atoms with Gasteiger partial charge < -0.3 is 4.74 Å². The fraction of sp³-hybridized carbons (Fsp3) is 0.250. The van der Waals surface area contributed by atoms with Crippen LogP contribution in [0.4, 0.5) is 0 Å². The molecule has 21 heavy (non-hydrogen) atoms. The van der Waals surface area contributed by atoms with Gasteiger partial charge in [0, 0.05) is 36.0 Å². The zero-order chi connectivity index (χ0) is 15.6. The largest absolute Gasteiger partial charge is 0.453 e. The lowest BCUT2D eigenvalue weighted by Crippen LogP contribution is -2.24. The fourth-order valence-electron chi connectivity index (χ4n) is 2.26. The third-order valence-electron chi connectivity index (χ3n) is 3.25. The predicted molar refractivity (Wildman–Crippen MR) is 75.2 cm³/mol. The molecule has 1 aromatic rings. The van der Waals surface area contributed by atoms with Crippen molar-refractivity contribution in [2.24, 2.45) is 0 Å². The van der Waals surface area contributed by atoms with Gasteiger partial charge in [-0.25, -0.2) is 0 Å². The van der Waals surface area contributed by atoms with E-state index in [1.807, 2.05) is 0 Å². The third kappa shape index (κ3) is 2.97. The van der Waals surface area contributed by atoms with Gasteiger partial charge in [0.2, 0.25) is 0 Å². The zero-order valence-electron chi connectivity index (χ0n) is 12.0. The molecule has 0 saturated heterocycles. The van der Waals surface area contributed by atoms with Crippen molar-refractivity contribution in [1.82, 2.24) is 4.98 Å². The maximum Gasteiger partial charge on any atom is 0.303 e. The van der Waals surface area contributed by atoms with Crippen LogP contribution in [-0.4, -0.2) is 22.5 Å². The lowest BCUT2D eigenvalue weighted by molar-refractivity contribution is -0.145. The molecule has 1 unspecified atom stereocenters. The zero-order valence-corrected chi connectivity index (χ0v) is 12.0. The monoisotopic (exact) mass is 285 g/mol. The molecule has 0 N–H and O–H groups in total. The summed E-state index contributed by atoms with van der Waals surface area (Å²) in [7, 11) is 0. The number of allylic oxidation sites excluding steroid dienone is 3. The molecule has 5 nitrogen and oxygen atoms in total. The van der Waals surface area contributed by atoms with Crippen molar-refractivity contribution >= 4 is 17.5 Å². The second-order valence-electron chi connectivity index (χ2n) is 4.84. The first-order valence-corrected chi connectivity index (χ1v) is 6.47. The quantitative estimate of drug-likeness (QED) is 0.628. The number of hydrogen-bond donors (Lipinski definition) is 0. The van der Waals surface area contributed by atoms with Crippen LogP contribution in [0.3, 0.4) is 0 Å². The first kappa shape index (κ1) is 14.8. The molecule has 1 aliphatic rings. The predicted octanol–water partition coefficient (Wildman–Crippen LogP) is 2.10. The molecule has 0 saturated carbocycles. The highest BCUT2D eigenvalue weighted by Gasteiger charge is 2.32. The van der Waals surface area contributed by atoms with Gasteiger partial charge in [0.1, 0.15) is 0 Å². The Balaban J connectivity index is 2.54. The maximum absolute atomic E-state index is 12.3. The first-order valence-electron chi connectivity index (χ1n) is 6.47. The van der Waals surface area contributed by atoms with Crippen molar-refractivity contribution < 1.29 is 19.1 Å². The molecule has 5 heteroatoms. The number of rotatable bonds is 3. The van der Waals surface area contributed by atoms with Crippen molar-refractivity contribution in [1.29, 1.82) is 0 Å². The number of Topliss-reactive ketones (excluding diaryl/α,β-unsaturated/α-hetero) is 1. The van der Waals surface area contributed by atoms with E-state index in [1.165, 1.54) is 19.2 Å². The van der Waals surface area contributed by atoms with Crippen molar-refractivity contribution in [3.05, 3.63) is 52.9 Å². The molecule has 2 rings (SSSR count). The molecule has 1 aliphatic carbocycles. The Labute approximate surface area is 122 Å². The second kappa shape index (κ2) is 5.83. The van der Waals surface area contributed by atoms with Gasteiger partial charge in [-0.2, -0.15) is 0 Å². The molecule has 0 bridgehead atoms. The van der Waals surface area contributed by atoms with Crippen LogP contribution in [0, 0.1) is 0 Å². The molecule has 1 aromatic heterocycles. The number of aromatic nitrogens is 1. The van der Waals surface area contributed by atoms with E-state index in [4.69, 9.17) is 4.74 Å². The number of pyridine rings is 1. The van der Waals surface area contributed by atoms with Gasteiger partial charge in [-0.3, -0.25) is 19.4 Å². The minimum atomic E-state index is -0.919. The van der Waals surface area contributed by atoms with E-state index in [1.54, 1.807) is 32.2 Å². The van der Waals surface area contributed by atoms with Crippen LogP contribution in [0.15, 0.2) is 47.3 Å². The van der Waals surface area contributed by atoms with Crippen LogP contribution in [0.5, 0.6) is 0 Å². The number of nitrogens with zero attached hydrogens (tertiary/aromatic N) is 1. The van der Waals surface area contributed by atoms with Crippen molar-refractivity contribution in [3.8, 4) is 0 Å². The topological polar surface area (TPSA) is 73.3 Å².